The molecule has 0 aromatic rings. The summed E-state index contributed by atoms with van der Waals surface area (Å²) in [6.45, 7) is 3.24. The van der Waals surface area contributed by atoms with Crippen LogP contribution in [0.3, 0.4) is 0 Å². The van der Waals surface area contributed by atoms with E-state index >= 15 is 0 Å². The molecule has 2 rings (SSSR count). The Morgan fingerprint density at radius 1 is 1.29 bits per heavy atom. The van der Waals surface area contributed by atoms with E-state index in [4.69, 9.17) is 4.74 Å². The molecule has 0 radical (unpaired) electrons. The number of halogens is 1. The Labute approximate surface area is 95.1 Å². The predicted octanol–water partition coefficient (Wildman–Crippen LogP) is 2.41. The van der Waals surface area contributed by atoms with Gasteiger partial charge in [-0.15, -0.1) is 0 Å². The van der Waals surface area contributed by atoms with Gasteiger partial charge in [0.1, 0.15) is 0 Å². The highest BCUT2D eigenvalue weighted by molar-refractivity contribution is 9.09. The lowest BCUT2D eigenvalue weighted by atomic mass is 9.97. The molecule has 82 valence electrons. The Kier molecular flexibility index (Phi) is 4.26. The largest absolute Gasteiger partial charge is 0.380 e. The van der Waals surface area contributed by atoms with Gasteiger partial charge in [0.25, 0.3) is 0 Å². The molecule has 2 aliphatic heterocycles. The van der Waals surface area contributed by atoms with Crippen LogP contribution in [0.25, 0.3) is 0 Å². The number of hydrogen-bond acceptors (Lipinski definition) is 2. The van der Waals surface area contributed by atoms with Gasteiger partial charge in [0.15, 0.2) is 0 Å². The fourth-order valence-corrected chi connectivity index (χ4v) is 3.25. The summed E-state index contributed by atoms with van der Waals surface area (Å²) >= 11 is 3.56. The Morgan fingerprint density at radius 2 is 2.21 bits per heavy atom. The van der Waals surface area contributed by atoms with E-state index in [2.05, 4.69) is 20.8 Å². The van der Waals surface area contributed by atoms with Crippen LogP contribution in [0, 0.1) is 0 Å². The predicted molar refractivity (Wildman–Crippen MR) is 62.0 cm³/mol. The molecule has 0 amide bonds. The number of nitrogens with zero attached hydrogens (tertiary/aromatic N) is 1. The van der Waals surface area contributed by atoms with E-state index in [0.29, 0.717) is 0 Å². The highest BCUT2D eigenvalue weighted by Gasteiger charge is 2.30. The second kappa shape index (κ2) is 5.47. The second-order valence-corrected chi connectivity index (χ2v) is 5.18. The zero-order valence-electron chi connectivity index (χ0n) is 8.75. The molecule has 0 aromatic heterocycles. The monoisotopic (exact) mass is 261 g/mol. The molecule has 2 heterocycles. The van der Waals surface area contributed by atoms with Crippen LogP contribution in [0.5, 0.6) is 0 Å². The molecular formula is C11H20BrNO. The third-order valence-corrected chi connectivity index (χ3v) is 3.95. The minimum atomic E-state index is 0.722. The first-order chi connectivity index (χ1) is 6.92. The third kappa shape index (κ3) is 2.50. The van der Waals surface area contributed by atoms with Crippen LogP contribution in [0.4, 0.5) is 0 Å². The fourth-order valence-electron chi connectivity index (χ4n) is 2.72. The van der Waals surface area contributed by atoms with Crippen LogP contribution in [0.2, 0.25) is 0 Å². The lowest BCUT2D eigenvalue weighted by Crippen LogP contribution is -2.46. The summed E-state index contributed by atoms with van der Waals surface area (Å²) in [4.78, 5) is 2.71. The molecule has 0 aromatic carbocycles. The number of rotatable bonds is 3. The molecule has 2 nitrogen and oxygen atoms in total. The van der Waals surface area contributed by atoms with Gasteiger partial charge in [-0.3, -0.25) is 4.90 Å². The molecule has 2 unspecified atom stereocenters. The number of piperidine rings is 1. The Hall–Kier alpha value is 0.400. The first kappa shape index (κ1) is 10.9. The van der Waals surface area contributed by atoms with Crippen LogP contribution < -0.4 is 0 Å². The Morgan fingerprint density at radius 3 is 2.93 bits per heavy atom. The molecule has 0 saturated carbocycles. The third-order valence-electron chi connectivity index (χ3n) is 3.49. The molecule has 3 heteroatoms. The van der Waals surface area contributed by atoms with Gasteiger partial charge in [0.2, 0.25) is 0 Å². The number of alkyl halides is 1. The van der Waals surface area contributed by atoms with Crippen molar-refractivity contribution >= 4 is 15.9 Å². The van der Waals surface area contributed by atoms with Crippen LogP contribution >= 0.6 is 15.9 Å². The van der Waals surface area contributed by atoms with Gasteiger partial charge in [-0.05, 0) is 32.2 Å². The average molecular weight is 262 g/mol. The van der Waals surface area contributed by atoms with E-state index < -0.39 is 0 Å². The zero-order valence-corrected chi connectivity index (χ0v) is 10.3. The smallest absolute Gasteiger partial charge is 0.0622 e. The quantitative estimate of drug-likeness (QED) is 0.724. The van der Waals surface area contributed by atoms with Gasteiger partial charge in [-0.2, -0.15) is 0 Å². The molecule has 2 fully saturated rings. The first-order valence-electron chi connectivity index (χ1n) is 5.81. The maximum absolute atomic E-state index is 5.48. The molecular weight excluding hydrogens is 242 g/mol. The number of likely N-dealkylation sites (tertiary alicyclic amines) is 1. The SMILES string of the molecule is BrCCC1CCCCN1C1CCOC1. The second-order valence-electron chi connectivity index (χ2n) is 4.38. The van der Waals surface area contributed by atoms with E-state index in [0.717, 1.165) is 30.6 Å². The van der Waals surface area contributed by atoms with Crippen LogP contribution in [-0.2, 0) is 4.74 Å². The van der Waals surface area contributed by atoms with Crippen molar-refractivity contribution in [3.8, 4) is 0 Å². The van der Waals surface area contributed by atoms with E-state index in [-0.39, 0.29) is 0 Å². The van der Waals surface area contributed by atoms with Gasteiger partial charge in [-0.25, -0.2) is 0 Å². The molecule has 0 bridgehead atoms. The van der Waals surface area contributed by atoms with Crippen molar-refractivity contribution in [3.63, 3.8) is 0 Å². The molecule has 0 N–H and O–H groups in total. The summed E-state index contributed by atoms with van der Waals surface area (Å²) in [5, 5.41) is 1.14. The van der Waals surface area contributed by atoms with Crippen molar-refractivity contribution in [2.24, 2.45) is 0 Å². The molecule has 2 atom stereocenters. The van der Waals surface area contributed by atoms with Crippen molar-refractivity contribution in [3.05, 3.63) is 0 Å². The summed E-state index contributed by atoms with van der Waals surface area (Å²) in [5.74, 6) is 0. The van der Waals surface area contributed by atoms with Gasteiger partial charge in [0.05, 0.1) is 6.61 Å². The topological polar surface area (TPSA) is 12.5 Å². The van der Waals surface area contributed by atoms with Crippen LogP contribution in [-0.4, -0.2) is 42.1 Å². The van der Waals surface area contributed by atoms with E-state index in [1.54, 1.807) is 0 Å². The molecule has 2 aliphatic rings. The normalized spacial score (nSPS) is 34.9. The maximum Gasteiger partial charge on any atom is 0.0622 e. The zero-order chi connectivity index (χ0) is 9.80. The number of hydrogen-bond donors (Lipinski definition) is 0. The fraction of sp³-hybridized carbons (Fsp3) is 1.00. The van der Waals surface area contributed by atoms with Crippen molar-refractivity contribution in [1.82, 2.24) is 4.90 Å². The highest BCUT2D eigenvalue weighted by atomic mass is 79.9. The standard InChI is InChI=1S/C11H20BrNO/c12-6-4-10-3-1-2-7-13(10)11-5-8-14-9-11/h10-11H,1-9H2. The number of ether oxygens (including phenoxy) is 1. The maximum atomic E-state index is 5.48. The lowest BCUT2D eigenvalue weighted by molar-refractivity contribution is 0.0791. The van der Waals surface area contributed by atoms with Gasteiger partial charge in [0, 0.05) is 24.0 Å². The van der Waals surface area contributed by atoms with Gasteiger partial charge >= 0.3 is 0 Å². The Bertz CT molecular complexity index is 169. The minimum Gasteiger partial charge on any atom is -0.380 e. The summed E-state index contributed by atoms with van der Waals surface area (Å²) < 4.78 is 5.48. The van der Waals surface area contributed by atoms with Crippen molar-refractivity contribution in [2.45, 2.75) is 44.2 Å². The molecule has 0 aliphatic carbocycles. The van der Waals surface area contributed by atoms with E-state index in [9.17, 15) is 0 Å². The van der Waals surface area contributed by atoms with Crippen LogP contribution in [0.1, 0.15) is 32.1 Å². The minimum absolute atomic E-state index is 0.722. The van der Waals surface area contributed by atoms with Gasteiger partial charge in [-0.1, -0.05) is 22.4 Å². The van der Waals surface area contributed by atoms with Gasteiger partial charge < -0.3 is 4.74 Å². The van der Waals surface area contributed by atoms with E-state index in [1.807, 2.05) is 0 Å². The lowest BCUT2D eigenvalue weighted by Gasteiger charge is -2.39. The first-order valence-corrected chi connectivity index (χ1v) is 6.93. The summed E-state index contributed by atoms with van der Waals surface area (Å²) in [6.07, 6.45) is 6.74. The Balaban J connectivity index is 1.91. The summed E-state index contributed by atoms with van der Waals surface area (Å²) in [5.41, 5.74) is 0. The van der Waals surface area contributed by atoms with Crippen molar-refractivity contribution < 1.29 is 4.74 Å². The van der Waals surface area contributed by atoms with Crippen molar-refractivity contribution in [1.29, 1.82) is 0 Å². The van der Waals surface area contributed by atoms with Crippen molar-refractivity contribution in [2.75, 3.05) is 25.1 Å². The highest BCUT2D eigenvalue weighted by Crippen LogP contribution is 2.25. The van der Waals surface area contributed by atoms with Crippen LogP contribution in [0.15, 0.2) is 0 Å². The molecule has 2 saturated heterocycles. The van der Waals surface area contributed by atoms with E-state index in [1.165, 1.54) is 38.6 Å². The summed E-state index contributed by atoms with van der Waals surface area (Å²) in [6, 6.07) is 1.54. The molecule has 0 spiro atoms. The summed E-state index contributed by atoms with van der Waals surface area (Å²) in [7, 11) is 0. The average Bonchev–Trinajstić information content (AvgIpc) is 2.72. The molecule has 14 heavy (non-hydrogen) atoms.